The van der Waals surface area contributed by atoms with E-state index in [-0.39, 0.29) is 18.1 Å². The van der Waals surface area contributed by atoms with Crippen LogP contribution in [-0.4, -0.2) is 40.6 Å². The first-order chi connectivity index (χ1) is 10.6. The molecule has 0 unspecified atom stereocenters. The smallest absolute Gasteiger partial charge is 0.310 e. The molecule has 0 saturated carbocycles. The zero-order valence-electron chi connectivity index (χ0n) is 12.3. The molecule has 3 aliphatic heterocycles. The number of carbonyl (C=O) groups excluding carboxylic acids is 1. The predicted molar refractivity (Wildman–Crippen MR) is 78.1 cm³/mol. The fraction of sp³-hybridized carbons (Fsp3) is 0.529. The van der Waals surface area contributed by atoms with Crippen molar-refractivity contribution in [3.05, 3.63) is 35.4 Å². The van der Waals surface area contributed by atoms with E-state index in [1.54, 1.807) is 0 Å². The van der Waals surface area contributed by atoms with Crippen molar-refractivity contribution in [2.24, 2.45) is 11.8 Å². The number of fused-ring (bicyclic) bond motifs is 3. The van der Waals surface area contributed by atoms with Crippen molar-refractivity contribution in [3.63, 3.8) is 0 Å². The topological polar surface area (TPSA) is 66.8 Å². The first-order valence-electron chi connectivity index (χ1n) is 7.89. The number of hydrogen-bond acceptors (Lipinski definition) is 3. The SMILES string of the molecule is O=C(O)[C@@H]1[C@@H](C(=O)N2CCc3ccccc3C2)[C@H]2CC[C@@H]1O2. The summed E-state index contributed by atoms with van der Waals surface area (Å²) in [6.07, 6.45) is 1.90. The van der Waals surface area contributed by atoms with Crippen LogP contribution in [0, 0.1) is 11.8 Å². The average Bonchev–Trinajstić information content (AvgIpc) is 3.14. The predicted octanol–water partition coefficient (Wildman–Crippen LogP) is 1.45. The van der Waals surface area contributed by atoms with Gasteiger partial charge in [0.15, 0.2) is 0 Å². The van der Waals surface area contributed by atoms with Crippen LogP contribution in [-0.2, 0) is 27.3 Å². The van der Waals surface area contributed by atoms with E-state index in [1.807, 2.05) is 23.1 Å². The largest absolute Gasteiger partial charge is 0.481 e. The van der Waals surface area contributed by atoms with Crippen LogP contribution >= 0.6 is 0 Å². The summed E-state index contributed by atoms with van der Waals surface area (Å²) in [4.78, 5) is 26.2. The van der Waals surface area contributed by atoms with E-state index in [0.717, 1.165) is 24.8 Å². The van der Waals surface area contributed by atoms with Crippen LogP contribution in [0.15, 0.2) is 24.3 Å². The van der Waals surface area contributed by atoms with E-state index in [0.29, 0.717) is 13.1 Å². The second kappa shape index (κ2) is 5.09. The Morgan fingerprint density at radius 1 is 1.09 bits per heavy atom. The highest BCUT2D eigenvalue weighted by atomic mass is 16.5. The molecule has 4 atom stereocenters. The van der Waals surface area contributed by atoms with Gasteiger partial charge >= 0.3 is 5.97 Å². The second-order valence-corrected chi connectivity index (χ2v) is 6.46. The molecular weight excluding hydrogens is 282 g/mol. The van der Waals surface area contributed by atoms with E-state index in [2.05, 4.69) is 6.07 Å². The minimum atomic E-state index is -0.900. The maximum atomic E-state index is 12.9. The number of amides is 1. The molecule has 1 amide bonds. The highest BCUT2D eigenvalue weighted by molar-refractivity contribution is 5.86. The molecule has 0 aromatic heterocycles. The Kier molecular flexibility index (Phi) is 3.18. The number of carbonyl (C=O) groups is 2. The van der Waals surface area contributed by atoms with Crippen molar-refractivity contribution in [1.29, 1.82) is 0 Å². The lowest BCUT2D eigenvalue weighted by atomic mass is 9.78. The van der Waals surface area contributed by atoms with Gasteiger partial charge in [0, 0.05) is 13.1 Å². The Balaban J connectivity index is 1.56. The normalized spacial score (nSPS) is 32.8. The molecule has 3 heterocycles. The van der Waals surface area contributed by atoms with Crippen LogP contribution in [0.5, 0.6) is 0 Å². The lowest BCUT2D eigenvalue weighted by molar-refractivity contribution is -0.151. The average molecular weight is 301 g/mol. The van der Waals surface area contributed by atoms with Crippen LogP contribution in [0.3, 0.4) is 0 Å². The molecule has 5 heteroatoms. The van der Waals surface area contributed by atoms with Crippen LogP contribution < -0.4 is 0 Å². The number of carboxylic acids is 1. The minimum absolute atomic E-state index is 0.0471. The first kappa shape index (κ1) is 13.8. The lowest BCUT2D eigenvalue weighted by Gasteiger charge is -2.34. The standard InChI is InChI=1S/C17H19NO4/c19-16(14-12-5-6-13(22-12)15(14)17(20)21)18-8-7-10-3-1-2-4-11(10)9-18/h1-4,12-15H,5-9H2,(H,20,21)/t12-,13+,14+,15+/m1/s1. The third kappa shape index (κ3) is 2.03. The Hall–Kier alpha value is -1.88. The molecule has 4 rings (SSSR count). The second-order valence-electron chi connectivity index (χ2n) is 6.46. The summed E-state index contributed by atoms with van der Waals surface area (Å²) >= 11 is 0. The van der Waals surface area contributed by atoms with E-state index < -0.39 is 17.8 Å². The van der Waals surface area contributed by atoms with Crippen molar-refractivity contribution < 1.29 is 19.4 Å². The van der Waals surface area contributed by atoms with Gasteiger partial charge in [0.2, 0.25) is 5.91 Å². The van der Waals surface area contributed by atoms with E-state index in [9.17, 15) is 14.7 Å². The molecule has 1 N–H and O–H groups in total. The molecule has 0 spiro atoms. The summed E-state index contributed by atoms with van der Waals surface area (Å²) in [6, 6.07) is 8.13. The number of ether oxygens (including phenoxy) is 1. The van der Waals surface area contributed by atoms with Crippen LogP contribution in [0.25, 0.3) is 0 Å². The van der Waals surface area contributed by atoms with Crippen LogP contribution in [0.4, 0.5) is 0 Å². The van der Waals surface area contributed by atoms with Gasteiger partial charge in [-0.05, 0) is 30.4 Å². The van der Waals surface area contributed by atoms with Crippen LogP contribution in [0.2, 0.25) is 0 Å². The summed E-state index contributed by atoms with van der Waals surface area (Å²) in [5.74, 6) is -2.14. The highest BCUT2D eigenvalue weighted by Crippen LogP contribution is 2.44. The van der Waals surface area contributed by atoms with Crippen molar-refractivity contribution in [2.45, 2.75) is 38.0 Å². The zero-order chi connectivity index (χ0) is 15.3. The Morgan fingerprint density at radius 2 is 1.77 bits per heavy atom. The number of benzene rings is 1. The highest BCUT2D eigenvalue weighted by Gasteiger charge is 2.56. The van der Waals surface area contributed by atoms with Crippen molar-refractivity contribution in [2.75, 3.05) is 6.54 Å². The van der Waals surface area contributed by atoms with Crippen molar-refractivity contribution >= 4 is 11.9 Å². The van der Waals surface area contributed by atoms with Gasteiger partial charge in [-0.2, -0.15) is 0 Å². The summed E-state index contributed by atoms with van der Waals surface area (Å²) in [5.41, 5.74) is 2.45. The molecule has 2 bridgehead atoms. The van der Waals surface area contributed by atoms with Gasteiger partial charge in [-0.3, -0.25) is 9.59 Å². The quantitative estimate of drug-likeness (QED) is 0.898. The maximum absolute atomic E-state index is 12.9. The molecule has 2 saturated heterocycles. The van der Waals surface area contributed by atoms with Gasteiger partial charge < -0.3 is 14.7 Å². The minimum Gasteiger partial charge on any atom is -0.481 e. The van der Waals surface area contributed by atoms with Crippen molar-refractivity contribution in [3.8, 4) is 0 Å². The maximum Gasteiger partial charge on any atom is 0.310 e. The molecule has 3 aliphatic rings. The molecule has 2 fully saturated rings. The Labute approximate surface area is 128 Å². The van der Waals surface area contributed by atoms with E-state index >= 15 is 0 Å². The number of rotatable bonds is 2. The van der Waals surface area contributed by atoms with E-state index in [4.69, 9.17) is 4.74 Å². The molecule has 1 aromatic rings. The fourth-order valence-electron chi connectivity index (χ4n) is 4.20. The molecule has 5 nitrogen and oxygen atoms in total. The van der Waals surface area contributed by atoms with Gasteiger partial charge in [-0.25, -0.2) is 0 Å². The molecule has 0 aliphatic carbocycles. The molecule has 22 heavy (non-hydrogen) atoms. The summed E-state index contributed by atoms with van der Waals surface area (Å²) in [6.45, 7) is 1.24. The van der Waals surface area contributed by atoms with Gasteiger partial charge in [0.25, 0.3) is 0 Å². The van der Waals surface area contributed by atoms with Crippen molar-refractivity contribution in [1.82, 2.24) is 4.90 Å². The number of aliphatic carboxylic acids is 1. The van der Waals surface area contributed by atoms with Gasteiger partial charge in [0.1, 0.15) is 0 Å². The number of carboxylic acid groups (broad SMARTS) is 1. The van der Waals surface area contributed by atoms with E-state index in [1.165, 1.54) is 5.56 Å². The number of nitrogens with zero attached hydrogens (tertiary/aromatic N) is 1. The summed E-state index contributed by atoms with van der Waals surface area (Å²) in [5, 5.41) is 9.46. The number of hydrogen-bond donors (Lipinski definition) is 1. The summed E-state index contributed by atoms with van der Waals surface area (Å²) in [7, 11) is 0. The summed E-state index contributed by atoms with van der Waals surface area (Å²) < 4.78 is 5.71. The molecule has 1 aromatic carbocycles. The third-order valence-electron chi connectivity index (χ3n) is 5.29. The monoisotopic (exact) mass is 301 g/mol. The van der Waals surface area contributed by atoms with Gasteiger partial charge in [0.05, 0.1) is 24.0 Å². The molecular formula is C17H19NO4. The molecule has 116 valence electrons. The van der Waals surface area contributed by atoms with Gasteiger partial charge in [-0.1, -0.05) is 24.3 Å². The zero-order valence-corrected chi connectivity index (χ0v) is 12.3. The lowest BCUT2D eigenvalue weighted by Crippen LogP contribution is -2.47. The Bertz CT molecular complexity index is 629. The third-order valence-corrected chi connectivity index (χ3v) is 5.29. The van der Waals surface area contributed by atoms with Crippen LogP contribution in [0.1, 0.15) is 24.0 Å². The molecule has 0 radical (unpaired) electrons. The fourth-order valence-corrected chi connectivity index (χ4v) is 4.20. The Morgan fingerprint density at radius 3 is 2.50 bits per heavy atom. The first-order valence-corrected chi connectivity index (χ1v) is 7.89. The van der Waals surface area contributed by atoms with Gasteiger partial charge in [-0.15, -0.1) is 0 Å².